The molecule has 0 unspecified atom stereocenters. The third-order valence-corrected chi connectivity index (χ3v) is 4.38. The van der Waals surface area contributed by atoms with Crippen LogP contribution in [0.1, 0.15) is 21.8 Å². The highest BCUT2D eigenvalue weighted by Gasteiger charge is 2.15. The van der Waals surface area contributed by atoms with Crippen molar-refractivity contribution in [2.75, 3.05) is 5.32 Å². The predicted molar refractivity (Wildman–Crippen MR) is 105 cm³/mol. The third-order valence-electron chi connectivity index (χ3n) is 3.99. The van der Waals surface area contributed by atoms with Gasteiger partial charge in [0, 0.05) is 29.7 Å². The number of hydrogen-bond donors (Lipinski definition) is 1. The van der Waals surface area contributed by atoms with E-state index in [0.29, 0.717) is 22.7 Å². The van der Waals surface area contributed by atoms with Gasteiger partial charge in [-0.25, -0.2) is 4.98 Å². The first-order chi connectivity index (χ1) is 13.1. The Kier molecular flexibility index (Phi) is 4.68. The van der Waals surface area contributed by atoms with Gasteiger partial charge in [-0.3, -0.25) is 4.79 Å². The number of nitrogens with zero attached hydrogens (tertiary/aromatic N) is 2. The van der Waals surface area contributed by atoms with Crippen molar-refractivity contribution in [1.29, 1.82) is 0 Å². The van der Waals surface area contributed by atoms with Crippen molar-refractivity contribution >= 4 is 33.2 Å². The molecule has 6 nitrogen and oxygen atoms in total. The van der Waals surface area contributed by atoms with Crippen LogP contribution < -0.4 is 10.1 Å². The van der Waals surface area contributed by atoms with Crippen LogP contribution in [-0.4, -0.2) is 15.3 Å². The molecule has 0 bridgehead atoms. The van der Waals surface area contributed by atoms with E-state index in [-0.39, 0.29) is 11.7 Å². The van der Waals surface area contributed by atoms with Crippen molar-refractivity contribution in [3.63, 3.8) is 0 Å². The Morgan fingerprint density at radius 1 is 1.26 bits per heavy atom. The Bertz CT molecular complexity index is 1080. The van der Waals surface area contributed by atoms with Gasteiger partial charge in [-0.2, -0.15) is 0 Å². The summed E-state index contributed by atoms with van der Waals surface area (Å²) in [6.45, 7) is 2.15. The number of aryl methyl sites for hydroxylation is 1. The van der Waals surface area contributed by atoms with E-state index < -0.39 is 0 Å². The first-order valence-corrected chi connectivity index (χ1v) is 9.10. The van der Waals surface area contributed by atoms with Gasteiger partial charge in [0.05, 0.1) is 5.69 Å². The molecule has 0 atom stereocenters. The molecular formula is C20H16BrN3O3. The summed E-state index contributed by atoms with van der Waals surface area (Å²) in [5.74, 6) is 0.607. The second kappa shape index (κ2) is 7.28. The summed E-state index contributed by atoms with van der Waals surface area (Å²) >= 11 is 3.23. The number of hydrogen-bond acceptors (Lipinski definition) is 4. The lowest BCUT2D eigenvalue weighted by Crippen LogP contribution is -2.12. The lowest BCUT2D eigenvalue weighted by molar-refractivity contribution is 0.0994. The zero-order chi connectivity index (χ0) is 18.8. The van der Waals surface area contributed by atoms with Gasteiger partial charge in [-0.05, 0) is 53.2 Å². The standard InChI is InChI=1S/C20H16BrN3O3/c1-13-9-17(21)27-19(13)20(25)23-14-5-4-6-16(10-14)26-12-15-11-24-8-3-2-7-18(24)22-15/h2-11H,12H2,1H3,(H,23,25). The molecule has 3 aromatic heterocycles. The van der Waals surface area contributed by atoms with Crippen LogP contribution in [-0.2, 0) is 6.61 Å². The summed E-state index contributed by atoms with van der Waals surface area (Å²) in [4.78, 5) is 16.9. The number of ether oxygens (including phenoxy) is 1. The van der Waals surface area contributed by atoms with Crippen molar-refractivity contribution in [3.8, 4) is 5.75 Å². The molecule has 0 aliphatic heterocycles. The summed E-state index contributed by atoms with van der Waals surface area (Å²) in [6, 6.07) is 14.8. The van der Waals surface area contributed by atoms with Crippen molar-refractivity contribution < 1.29 is 13.9 Å². The van der Waals surface area contributed by atoms with Gasteiger partial charge in [0.25, 0.3) is 5.91 Å². The Labute approximate surface area is 163 Å². The number of carbonyl (C=O) groups is 1. The van der Waals surface area contributed by atoms with E-state index in [2.05, 4.69) is 26.2 Å². The fourth-order valence-corrected chi connectivity index (χ4v) is 3.24. The van der Waals surface area contributed by atoms with Crippen molar-refractivity contribution in [1.82, 2.24) is 9.38 Å². The number of amides is 1. The maximum absolute atomic E-state index is 12.4. The van der Waals surface area contributed by atoms with Gasteiger partial charge in [-0.1, -0.05) is 12.1 Å². The molecule has 1 aromatic carbocycles. The normalized spacial score (nSPS) is 10.9. The van der Waals surface area contributed by atoms with E-state index in [1.54, 1.807) is 18.2 Å². The molecule has 0 aliphatic carbocycles. The summed E-state index contributed by atoms with van der Waals surface area (Å²) in [7, 11) is 0. The van der Waals surface area contributed by atoms with Crippen LogP contribution in [0.4, 0.5) is 5.69 Å². The van der Waals surface area contributed by atoms with Gasteiger partial charge < -0.3 is 18.9 Å². The largest absolute Gasteiger partial charge is 0.487 e. The zero-order valence-corrected chi connectivity index (χ0v) is 16.1. The number of fused-ring (bicyclic) bond motifs is 1. The molecule has 4 rings (SSSR count). The fraction of sp³-hybridized carbons (Fsp3) is 0.100. The van der Waals surface area contributed by atoms with Gasteiger partial charge in [0.2, 0.25) is 0 Å². The Balaban J connectivity index is 1.44. The van der Waals surface area contributed by atoms with Crippen molar-refractivity contribution in [3.05, 3.63) is 82.6 Å². The monoisotopic (exact) mass is 425 g/mol. The van der Waals surface area contributed by atoms with Crippen molar-refractivity contribution in [2.45, 2.75) is 13.5 Å². The van der Waals surface area contributed by atoms with Crippen LogP contribution in [0.15, 0.2) is 70.0 Å². The second-order valence-corrected chi connectivity index (χ2v) is 6.81. The van der Waals surface area contributed by atoms with E-state index in [1.807, 2.05) is 54.0 Å². The molecule has 7 heteroatoms. The summed E-state index contributed by atoms with van der Waals surface area (Å²) in [5.41, 5.74) is 3.09. The number of aromatic nitrogens is 2. The number of carbonyl (C=O) groups excluding carboxylic acids is 1. The number of imidazole rings is 1. The topological polar surface area (TPSA) is 68.8 Å². The SMILES string of the molecule is Cc1cc(Br)oc1C(=O)Nc1cccc(OCc2cn3ccccc3n2)c1. The van der Waals surface area contributed by atoms with Crippen LogP contribution >= 0.6 is 15.9 Å². The molecule has 0 radical (unpaired) electrons. The van der Waals surface area contributed by atoms with E-state index in [1.165, 1.54) is 0 Å². The summed E-state index contributed by atoms with van der Waals surface area (Å²) in [5, 5.41) is 2.82. The number of nitrogens with one attached hydrogen (secondary N) is 1. The van der Waals surface area contributed by atoms with Crippen LogP contribution in [0.5, 0.6) is 5.75 Å². The van der Waals surface area contributed by atoms with Gasteiger partial charge in [0.1, 0.15) is 18.0 Å². The average molecular weight is 426 g/mol. The number of rotatable bonds is 5. The van der Waals surface area contributed by atoms with Crippen LogP contribution in [0.25, 0.3) is 5.65 Å². The highest BCUT2D eigenvalue weighted by molar-refractivity contribution is 9.10. The van der Waals surface area contributed by atoms with Crippen LogP contribution in [0.3, 0.4) is 0 Å². The molecule has 27 heavy (non-hydrogen) atoms. The maximum Gasteiger partial charge on any atom is 0.291 e. The quantitative estimate of drug-likeness (QED) is 0.497. The van der Waals surface area contributed by atoms with E-state index >= 15 is 0 Å². The van der Waals surface area contributed by atoms with Gasteiger partial charge in [0.15, 0.2) is 10.4 Å². The number of anilines is 1. The first kappa shape index (κ1) is 17.4. The molecule has 1 amide bonds. The Morgan fingerprint density at radius 2 is 2.15 bits per heavy atom. The van der Waals surface area contributed by atoms with Crippen molar-refractivity contribution in [2.24, 2.45) is 0 Å². The fourth-order valence-electron chi connectivity index (χ4n) is 2.73. The Morgan fingerprint density at radius 3 is 2.93 bits per heavy atom. The highest BCUT2D eigenvalue weighted by atomic mass is 79.9. The number of pyridine rings is 1. The molecule has 0 spiro atoms. The smallest absolute Gasteiger partial charge is 0.291 e. The number of halogens is 1. The molecule has 0 fully saturated rings. The lowest BCUT2D eigenvalue weighted by Gasteiger charge is -2.08. The molecule has 0 saturated carbocycles. The minimum atomic E-state index is -0.310. The molecule has 0 aliphatic rings. The highest BCUT2D eigenvalue weighted by Crippen LogP contribution is 2.23. The zero-order valence-electron chi connectivity index (χ0n) is 14.5. The maximum atomic E-state index is 12.4. The van der Waals surface area contributed by atoms with E-state index in [0.717, 1.165) is 16.9 Å². The van der Waals surface area contributed by atoms with E-state index in [4.69, 9.17) is 9.15 Å². The predicted octanol–water partition coefficient (Wildman–Crippen LogP) is 4.83. The van der Waals surface area contributed by atoms with Gasteiger partial charge >= 0.3 is 0 Å². The number of benzene rings is 1. The molecule has 1 N–H and O–H groups in total. The molecule has 0 saturated heterocycles. The van der Waals surface area contributed by atoms with E-state index in [9.17, 15) is 4.79 Å². The lowest BCUT2D eigenvalue weighted by atomic mass is 10.2. The van der Waals surface area contributed by atoms with Crippen LogP contribution in [0.2, 0.25) is 0 Å². The molecule has 136 valence electrons. The minimum absolute atomic E-state index is 0.276. The summed E-state index contributed by atoms with van der Waals surface area (Å²) in [6.07, 6.45) is 3.87. The third kappa shape index (κ3) is 3.88. The number of furan rings is 1. The van der Waals surface area contributed by atoms with Gasteiger partial charge in [-0.15, -0.1) is 0 Å². The molecular weight excluding hydrogens is 410 g/mol. The molecule has 4 aromatic rings. The summed E-state index contributed by atoms with van der Waals surface area (Å²) < 4.78 is 13.7. The average Bonchev–Trinajstić information content (AvgIpc) is 3.22. The minimum Gasteiger partial charge on any atom is -0.487 e. The first-order valence-electron chi connectivity index (χ1n) is 8.31. The second-order valence-electron chi connectivity index (χ2n) is 6.03. The van der Waals surface area contributed by atoms with Crippen LogP contribution in [0, 0.1) is 6.92 Å². The molecule has 3 heterocycles. The Hall–Kier alpha value is -3.06.